The zero-order valence-corrected chi connectivity index (χ0v) is 14.8. The Morgan fingerprint density at radius 1 is 1.11 bits per heavy atom. The van der Waals surface area contributed by atoms with Crippen molar-refractivity contribution in [3.05, 3.63) is 59.9 Å². The number of hydrogen-bond donors (Lipinski definition) is 0. The van der Waals surface area contributed by atoms with Crippen LogP contribution in [0, 0.1) is 5.82 Å². The van der Waals surface area contributed by atoms with Crippen LogP contribution in [0.25, 0.3) is 11.5 Å². The molecule has 1 amide bonds. The Hall–Kier alpha value is -3.07. The number of aromatic nitrogens is 2. The number of halogens is 1. The maximum absolute atomic E-state index is 13.8. The van der Waals surface area contributed by atoms with Crippen molar-refractivity contribution in [3.8, 4) is 11.5 Å². The van der Waals surface area contributed by atoms with E-state index in [0.29, 0.717) is 18.7 Å². The molecule has 9 heteroatoms. The molecule has 3 aromatic rings. The molecule has 0 aliphatic carbocycles. The lowest BCUT2D eigenvalue weighted by Crippen LogP contribution is -2.34. The Morgan fingerprint density at radius 3 is 2.67 bits per heavy atom. The van der Waals surface area contributed by atoms with Crippen molar-refractivity contribution in [2.75, 3.05) is 17.2 Å². The van der Waals surface area contributed by atoms with Crippen molar-refractivity contribution in [3.63, 3.8) is 0 Å². The normalized spacial score (nSPS) is 13.6. The first-order valence-electron chi connectivity index (χ1n) is 8.15. The van der Waals surface area contributed by atoms with Crippen molar-refractivity contribution in [1.82, 2.24) is 10.2 Å². The van der Waals surface area contributed by atoms with E-state index in [-0.39, 0.29) is 11.5 Å². The summed E-state index contributed by atoms with van der Waals surface area (Å²) in [6.07, 6.45) is 0.667. The second-order valence-corrected chi connectivity index (χ2v) is 7.90. The third-order valence-corrected chi connectivity index (χ3v) is 5.60. The molecule has 2 heterocycles. The number of hydrogen-bond acceptors (Lipinski definition) is 6. The fourth-order valence-electron chi connectivity index (χ4n) is 2.98. The van der Waals surface area contributed by atoms with Gasteiger partial charge in [0.2, 0.25) is 15.7 Å². The quantitative estimate of drug-likeness (QED) is 0.682. The van der Waals surface area contributed by atoms with Crippen LogP contribution in [0.5, 0.6) is 0 Å². The van der Waals surface area contributed by atoms with Gasteiger partial charge in [-0.1, -0.05) is 35.4 Å². The number of carbonyl (C=O) groups excluding carboxylic acids is 1. The molecule has 2 aromatic carbocycles. The predicted octanol–water partition coefficient (Wildman–Crippen LogP) is 2.24. The van der Waals surface area contributed by atoms with E-state index >= 15 is 0 Å². The Kier molecular flexibility index (Phi) is 4.23. The minimum absolute atomic E-state index is 0.00810. The summed E-state index contributed by atoms with van der Waals surface area (Å²) < 4.78 is 43.9. The molecule has 0 bridgehead atoms. The van der Waals surface area contributed by atoms with Gasteiger partial charge in [0.05, 0.1) is 5.56 Å². The van der Waals surface area contributed by atoms with Crippen molar-refractivity contribution < 1.29 is 22.0 Å². The van der Waals surface area contributed by atoms with Gasteiger partial charge in [0, 0.05) is 12.2 Å². The third-order valence-electron chi connectivity index (χ3n) is 4.28. The average molecular weight is 387 g/mol. The van der Waals surface area contributed by atoms with Gasteiger partial charge in [0.1, 0.15) is 11.6 Å². The monoisotopic (exact) mass is 387 g/mol. The lowest BCUT2D eigenvalue weighted by molar-refractivity contribution is -0.116. The van der Waals surface area contributed by atoms with Gasteiger partial charge in [-0.25, -0.2) is 12.8 Å². The summed E-state index contributed by atoms with van der Waals surface area (Å²) in [6.45, 7) is 0.415. The zero-order valence-electron chi connectivity index (χ0n) is 14.0. The maximum atomic E-state index is 13.8. The molecular formula is C18H14FN3O4S. The lowest BCUT2D eigenvalue weighted by Gasteiger charge is -2.16. The zero-order chi connectivity index (χ0) is 19.0. The summed E-state index contributed by atoms with van der Waals surface area (Å²) in [4.78, 5) is 14.0. The fourth-order valence-corrected chi connectivity index (χ4v) is 3.95. The number of sulfone groups is 1. The van der Waals surface area contributed by atoms with Crippen LogP contribution in [0.3, 0.4) is 0 Å². The Morgan fingerprint density at radius 2 is 1.85 bits per heavy atom. The fraction of sp³-hybridized carbons (Fsp3) is 0.167. The van der Waals surface area contributed by atoms with Crippen molar-refractivity contribution >= 4 is 21.4 Å². The minimum Gasteiger partial charge on any atom is -0.408 e. The SMILES string of the molecule is O=C(CS(=O)(=O)c1nnc(-c2ccccc2F)o1)N1CCc2ccccc21. The smallest absolute Gasteiger partial charge is 0.336 e. The van der Waals surface area contributed by atoms with Gasteiger partial charge < -0.3 is 9.32 Å². The van der Waals surface area contributed by atoms with E-state index in [1.165, 1.54) is 23.1 Å². The molecule has 138 valence electrons. The van der Waals surface area contributed by atoms with Crippen molar-refractivity contribution in [1.29, 1.82) is 0 Å². The van der Waals surface area contributed by atoms with E-state index in [0.717, 1.165) is 5.56 Å². The van der Waals surface area contributed by atoms with Gasteiger partial charge in [-0.05, 0) is 30.2 Å². The maximum Gasteiger partial charge on any atom is 0.336 e. The summed E-state index contributed by atoms with van der Waals surface area (Å²) in [5.41, 5.74) is 1.68. The summed E-state index contributed by atoms with van der Waals surface area (Å²) >= 11 is 0. The second kappa shape index (κ2) is 6.58. The topological polar surface area (TPSA) is 93.4 Å². The lowest BCUT2D eigenvalue weighted by atomic mass is 10.2. The second-order valence-electron chi connectivity index (χ2n) is 6.04. The Labute approximate surface area is 154 Å². The number of anilines is 1. The van der Waals surface area contributed by atoms with Crippen LogP contribution in [-0.4, -0.2) is 36.8 Å². The molecule has 27 heavy (non-hydrogen) atoms. The van der Waals surface area contributed by atoms with E-state index in [1.54, 1.807) is 18.2 Å². The van der Waals surface area contributed by atoms with E-state index in [9.17, 15) is 17.6 Å². The van der Waals surface area contributed by atoms with E-state index in [4.69, 9.17) is 4.42 Å². The number of fused-ring (bicyclic) bond motifs is 1. The molecule has 1 aromatic heterocycles. The van der Waals surface area contributed by atoms with Gasteiger partial charge >= 0.3 is 5.22 Å². The van der Waals surface area contributed by atoms with Crippen LogP contribution in [0.4, 0.5) is 10.1 Å². The first-order chi connectivity index (χ1) is 13.0. The highest BCUT2D eigenvalue weighted by Gasteiger charge is 2.32. The number of carbonyl (C=O) groups is 1. The summed E-state index contributed by atoms with van der Waals surface area (Å²) in [6, 6.07) is 13.0. The van der Waals surface area contributed by atoms with Crippen LogP contribution < -0.4 is 4.90 Å². The average Bonchev–Trinajstić information content (AvgIpc) is 3.29. The highest BCUT2D eigenvalue weighted by atomic mass is 32.2. The van der Waals surface area contributed by atoms with E-state index < -0.39 is 32.5 Å². The summed E-state index contributed by atoms with van der Waals surface area (Å²) in [5, 5.41) is 6.37. The largest absolute Gasteiger partial charge is 0.408 e. The predicted molar refractivity (Wildman–Crippen MR) is 94.2 cm³/mol. The van der Waals surface area contributed by atoms with Crippen LogP contribution in [0.1, 0.15) is 5.56 Å². The van der Waals surface area contributed by atoms with Crippen LogP contribution >= 0.6 is 0 Å². The molecule has 0 saturated carbocycles. The molecule has 1 aliphatic rings. The molecule has 0 atom stereocenters. The van der Waals surface area contributed by atoms with Gasteiger partial charge in [-0.3, -0.25) is 4.79 Å². The first kappa shape index (κ1) is 17.3. The van der Waals surface area contributed by atoms with Crippen molar-refractivity contribution in [2.45, 2.75) is 11.6 Å². The summed E-state index contributed by atoms with van der Waals surface area (Å²) in [5.74, 6) is -2.26. The molecule has 0 N–H and O–H groups in total. The van der Waals surface area contributed by atoms with Gasteiger partial charge in [-0.15, -0.1) is 5.10 Å². The highest BCUT2D eigenvalue weighted by Crippen LogP contribution is 2.28. The van der Waals surface area contributed by atoms with Crippen LogP contribution in [0.2, 0.25) is 0 Å². The first-order valence-corrected chi connectivity index (χ1v) is 9.80. The van der Waals surface area contributed by atoms with Crippen LogP contribution in [0.15, 0.2) is 58.2 Å². The molecule has 7 nitrogen and oxygen atoms in total. The van der Waals surface area contributed by atoms with Crippen LogP contribution in [-0.2, 0) is 21.1 Å². The molecule has 0 radical (unpaired) electrons. The minimum atomic E-state index is -4.15. The molecule has 4 rings (SSSR count). The molecule has 0 saturated heterocycles. The third kappa shape index (κ3) is 3.21. The van der Waals surface area contributed by atoms with Crippen molar-refractivity contribution in [2.24, 2.45) is 0 Å². The number of para-hydroxylation sites is 1. The number of benzene rings is 2. The summed E-state index contributed by atoms with van der Waals surface area (Å²) in [7, 11) is -4.15. The molecule has 1 aliphatic heterocycles. The standard InChI is InChI=1S/C18H14FN3O4S/c19-14-7-3-2-6-13(14)17-20-21-18(26-17)27(24,25)11-16(23)22-10-9-12-5-1-4-8-15(12)22/h1-8H,9-11H2. The van der Waals surface area contributed by atoms with E-state index in [2.05, 4.69) is 10.2 Å². The van der Waals surface area contributed by atoms with E-state index in [1.807, 2.05) is 12.1 Å². The Balaban J connectivity index is 1.56. The molecule has 0 fully saturated rings. The Bertz CT molecular complexity index is 1130. The van der Waals surface area contributed by atoms with Gasteiger partial charge in [-0.2, -0.15) is 0 Å². The van der Waals surface area contributed by atoms with Gasteiger partial charge in [0.15, 0.2) is 0 Å². The highest BCUT2D eigenvalue weighted by molar-refractivity contribution is 7.91. The molecule has 0 spiro atoms. The number of amides is 1. The molecular weight excluding hydrogens is 373 g/mol. The number of nitrogens with zero attached hydrogens (tertiary/aromatic N) is 3. The van der Waals surface area contributed by atoms with Gasteiger partial charge in [0.25, 0.3) is 5.89 Å². The molecule has 0 unspecified atom stereocenters. The number of rotatable bonds is 4.